The molecular weight excluding hydrogens is 184 g/mol. The Hall–Kier alpha value is -0.340. The molecule has 3 unspecified atom stereocenters. The molecule has 15 heavy (non-hydrogen) atoms. The Labute approximate surface area is 93.3 Å². The van der Waals surface area contributed by atoms with Gasteiger partial charge in [0, 0.05) is 6.04 Å². The Morgan fingerprint density at radius 1 is 1.33 bits per heavy atom. The largest absolute Gasteiger partial charge is 0.271 e. The van der Waals surface area contributed by atoms with E-state index in [-0.39, 0.29) is 0 Å². The maximum Gasteiger partial charge on any atom is 0.0450 e. The number of hydrogen-bond acceptors (Lipinski definition) is 2. The quantitative estimate of drug-likeness (QED) is 0.425. The van der Waals surface area contributed by atoms with Crippen molar-refractivity contribution in [2.24, 2.45) is 17.7 Å². The van der Waals surface area contributed by atoms with Crippen LogP contribution in [0, 0.1) is 11.8 Å². The van der Waals surface area contributed by atoms with Crippen molar-refractivity contribution in [3.8, 4) is 0 Å². The van der Waals surface area contributed by atoms with Crippen molar-refractivity contribution in [1.82, 2.24) is 5.43 Å². The molecule has 1 saturated carbocycles. The van der Waals surface area contributed by atoms with E-state index in [0.717, 1.165) is 11.8 Å². The third-order valence-electron chi connectivity index (χ3n) is 4.26. The van der Waals surface area contributed by atoms with Gasteiger partial charge in [-0.25, -0.2) is 0 Å². The first-order valence-electron chi connectivity index (χ1n) is 6.48. The van der Waals surface area contributed by atoms with Crippen LogP contribution in [0.25, 0.3) is 0 Å². The van der Waals surface area contributed by atoms with Gasteiger partial charge in [0.15, 0.2) is 0 Å². The van der Waals surface area contributed by atoms with Gasteiger partial charge >= 0.3 is 0 Å². The highest BCUT2D eigenvalue weighted by Gasteiger charge is 2.32. The van der Waals surface area contributed by atoms with Gasteiger partial charge in [0.05, 0.1) is 0 Å². The molecule has 0 amide bonds. The van der Waals surface area contributed by atoms with Gasteiger partial charge in [0.2, 0.25) is 0 Å². The monoisotopic (exact) mass is 208 g/mol. The number of allylic oxidation sites excluding steroid dienone is 1. The molecule has 3 N–H and O–H groups in total. The molecule has 0 aromatic heterocycles. The summed E-state index contributed by atoms with van der Waals surface area (Å²) < 4.78 is 0. The zero-order valence-electron chi connectivity index (χ0n) is 9.84. The maximum absolute atomic E-state index is 5.75. The topological polar surface area (TPSA) is 38.0 Å². The highest BCUT2D eigenvalue weighted by Crippen LogP contribution is 2.37. The van der Waals surface area contributed by atoms with E-state index in [1.54, 1.807) is 5.57 Å². The van der Waals surface area contributed by atoms with Gasteiger partial charge in [-0.05, 0) is 43.9 Å². The van der Waals surface area contributed by atoms with Gasteiger partial charge in [0.1, 0.15) is 0 Å². The molecule has 2 nitrogen and oxygen atoms in total. The van der Waals surface area contributed by atoms with Crippen LogP contribution < -0.4 is 11.3 Å². The first-order chi connectivity index (χ1) is 7.33. The van der Waals surface area contributed by atoms with Crippen LogP contribution >= 0.6 is 0 Å². The van der Waals surface area contributed by atoms with E-state index in [1.807, 2.05) is 0 Å². The second-order valence-corrected chi connectivity index (χ2v) is 5.24. The van der Waals surface area contributed by atoms with Gasteiger partial charge in [0.25, 0.3) is 0 Å². The molecule has 3 atom stereocenters. The van der Waals surface area contributed by atoms with Gasteiger partial charge in [-0.2, -0.15) is 0 Å². The molecule has 0 heterocycles. The first kappa shape index (κ1) is 11.2. The minimum absolute atomic E-state index is 0.461. The molecule has 2 rings (SSSR count). The second-order valence-electron chi connectivity index (χ2n) is 5.24. The first-order valence-corrected chi connectivity index (χ1v) is 6.48. The van der Waals surface area contributed by atoms with Crippen molar-refractivity contribution < 1.29 is 0 Å². The molecule has 0 spiro atoms. The number of nitrogens with one attached hydrogen (secondary N) is 1. The maximum atomic E-state index is 5.75. The van der Waals surface area contributed by atoms with Crippen LogP contribution in [0.2, 0.25) is 0 Å². The average molecular weight is 208 g/mol. The van der Waals surface area contributed by atoms with Crippen LogP contribution in [0.3, 0.4) is 0 Å². The molecule has 0 bridgehead atoms. The Bertz CT molecular complexity index is 235. The summed E-state index contributed by atoms with van der Waals surface area (Å²) in [5.41, 5.74) is 4.66. The summed E-state index contributed by atoms with van der Waals surface area (Å²) in [6.07, 6.45) is 11.8. The van der Waals surface area contributed by atoms with Crippen molar-refractivity contribution in [1.29, 1.82) is 0 Å². The molecule has 0 saturated heterocycles. The lowest BCUT2D eigenvalue weighted by atomic mass is 9.82. The van der Waals surface area contributed by atoms with Crippen LogP contribution in [0.4, 0.5) is 0 Å². The Morgan fingerprint density at radius 3 is 2.73 bits per heavy atom. The molecule has 1 fully saturated rings. The molecular formula is C13H24N2. The van der Waals surface area contributed by atoms with E-state index in [9.17, 15) is 0 Å². The highest BCUT2D eigenvalue weighted by atomic mass is 15.2. The average Bonchev–Trinajstić information content (AvgIpc) is 2.68. The Balaban J connectivity index is 2.05. The van der Waals surface area contributed by atoms with Crippen molar-refractivity contribution >= 4 is 0 Å². The van der Waals surface area contributed by atoms with E-state index >= 15 is 0 Å². The van der Waals surface area contributed by atoms with Gasteiger partial charge in [-0.1, -0.05) is 31.4 Å². The third kappa shape index (κ3) is 2.43. The van der Waals surface area contributed by atoms with E-state index < -0.39 is 0 Å². The van der Waals surface area contributed by atoms with Gasteiger partial charge in [-0.3, -0.25) is 11.3 Å². The van der Waals surface area contributed by atoms with E-state index in [0.29, 0.717) is 6.04 Å². The van der Waals surface area contributed by atoms with Crippen LogP contribution in [0.5, 0.6) is 0 Å². The normalized spacial score (nSPS) is 33.9. The lowest BCUT2D eigenvalue weighted by Gasteiger charge is -2.30. The van der Waals surface area contributed by atoms with E-state index in [2.05, 4.69) is 18.4 Å². The summed E-state index contributed by atoms with van der Waals surface area (Å²) in [6, 6.07) is 0.461. The van der Waals surface area contributed by atoms with Gasteiger partial charge < -0.3 is 0 Å². The van der Waals surface area contributed by atoms with Gasteiger partial charge in [-0.15, -0.1) is 0 Å². The molecule has 2 heteroatoms. The van der Waals surface area contributed by atoms with Crippen molar-refractivity contribution in [3.05, 3.63) is 11.6 Å². The summed E-state index contributed by atoms with van der Waals surface area (Å²) in [7, 11) is 0. The summed E-state index contributed by atoms with van der Waals surface area (Å²) in [5.74, 6) is 7.37. The number of rotatable bonds is 3. The lowest BCUT2D eigenvalue weighted by Crippen LogP contribution is -2.43. The molecule has 0 radical (unpaired) electrons. The van der Waals surface area contributed by atoms with Crippen LogP contribution in [-0.4, -0.2) is 6.04 Å². The fourth-order valence-electron chi connectivity index (χ4n) is 3.32. The third-order valence-corrected chi connectivity index (χ3v) is 4.26. The number of hydrazine groups is 1. The smallest absolute Gasteiger partial charge is 0.0450 e. The number of nitrogens with two attached hydrogens (primary N) is 1. The predicted molar refractivity (Wildman–Crippen MR) is 64.2 cm³/mol. The molecule has 86 valence electrons. The van der Waals surface area contributed by atoms with E-state index in [1.165, 1.54) is 44.9 Å². The fourth-order valence-corrected chi connectivity index (χ4v) is 3.32. The molecule has 2 aliphatic rings. The summed E-state index contributed by atoms with van der Waals surface area (Å²) in [4.78, 5) is 0. The van der Waals surface area contributed by atoms with Crippen molar-refractivity contribution in [3.63, 3.8) is 0 Å². The summed E-state index contributed by atoms with van der Waals surface area (Å²) in [6.45, 7) is 2.38. The van der Waals surface area contributed by atoms with Crippen LogP contribution in [-0.2, 0) is 0 Å². The van der Waals surface area contributed by atoms with Crippen molar-refractivity contribution in [2.75, 3.05) is 0 Å². The highest BCUT2D eigenvalue weighted by molar-refractivity contribution is 5.15. The summed E-state index contributed by atoms with van der Waals surface area (Å²) >= 11 is 0. The minimum Gasteiger partial charge on any atom is -0.271 e. The minimum atomic E-state index is 0.461. The van der Waals surface area contributed by atoms with Crippen LogP contribution in [0.1, 0.15) is 51.9 Å². The molecule has 0 aromatic carbocycles. The number of hydrogen-bond donors (Lipinski definition) is 2. The zero-order valence-corrected chi connectivity index (χ0v) is 9.84. The Morgan fingerprint density at radius 2 is 2.20 bits per heavy atom. The zero-order chi connectivity index (χ0) is 10.7. The SMILES string of the molecule is CC1CCCC1C(NN)C1=CCCCC1. The predicted octanol–water partition coefficient (Wildman–Crippen LogP) is 2.75. The standard InChI is InChI=1S/C13H24N2/c1-10-6-5-9-12(10)13(15-14)11-7-3-2-4-8-11/h7,10,12-13,15H,2-6,8-9,14H2,1H3. The molecule has 0 aliphatic heterocycles. The van der Waals surface area contributed by atoms with Crippen molar-refractivity contribution in [2.45, 2.75) is 57.9 Å². The molecule has 2 aliphatic carbocycles. The molecule has 0 aromatic rings. The van der Waals surface area contributed by atoms with E-state index in [4.69, 9.17) is 5.84 Å². The second kappa shape index (κ2) is 5.13. The fraction of sp³-hybridized carbons (Fsp3) is 0.846. The van der Waals surface area contributed by atoms with Crippen LogP contribution in [0.15, 0.2) is 11.6 Å². The summed E-state index contributed by atoms with van der Waals surface area (Å²) in [5, 5.41) is 0. The Kier molecular flexibility index (Phi) is 3.81. The lowest BCUT2D eigenvalue weighted by molar-refractivity contribution is 0.321.